The number of carbonyl (C=O) groups excluding carboxylic acids is 1. The average molecular weight is 294 g/mol. The minimum atomic E-state index is -0.0869. The van der Waals surface area contributed by atoms with Crippen molar-refractivity contribution in [2.24, 2.45) is 5.10 Å². The Balaban J connectivity index is 2.01. The van der Waals surface area contributed by atoms with E-state index >= 15 is 0 Å². The fourth-order valence-corrected chi connectivity index (χ4v) is 2.19. The molecule has 1 N–H and O–H groups in total. The molecule has 0 saturated carbocycles. The zero-order valence-electron chi connectivity index (χ0n) is 13.0. The van der Waals surface area contributed by atoms with Gasteiger partial charge in [-0.3, -0.25) is 4.79 Å². The second-order valence-corrected chi connectivity index (χ2v) is 5.23. The summed E-state index contributed by atoms with van der Waals surface area (Å²) in [6.45, 7) is 2.15. The minimum absolute atomic E-state index is 0.0869. The number of unbranched alkanes of at least 4 members (excludes halogenated alkanes) is 1. The van der Waals surface area contributed by atoms with Gasteiger partial charge in [-0.1, -0.05) is 74.0 Å². The molecule has 0 aliphatic carbocycles. The number of benzene rings is 2. The standard InChI is InChI=1S/C19H22N2O/c1-2-3-14-18(17-12-8-5-9-13-17)20-21-19(22)15-16-10-6-4-7-11-16/h4-13H,2-3,14-15H2,1H3,(H,21,22). The highest BCUT2D eigenvalue weighted by Crippen LogP contribution is 2.08. The molecular formula is C19H22N2O. The molecule has 3 nitrogen and oxygen atoms in total. The predicted octanol–water partition coefficient (Wildman–Crippen LogP) is 3.94. The van der Waals surface area contributed by atoms with Gasteiger partial charge in [-0.05, 0) is 24.0 Å². The fraction of sp³-hybridized carbons (Fsp3) is 0.263. The molecule has 2 rings (SSSR count). The van der Waals surface area contributed by atoms with Crippen LogP contribution in [0.1, 0.15) is 37.3 Å². The predicted molar refractivity (Wildman–Crippen MR) is 90.8 cm³/mol. The minimum Gasteiger partial charge on any atom is -0.273 e. The Morgan fingerprint density at radius 3 is 2.27 bits per heavy atom. The lowest BCUT2D eigenvalue weighted by atomic mass is 10.1. The van der Waals surface area contributed by atoms with Crippen LogP contribution in [0, 0.1) is 0 Å². The molecule has 3 heteroatoms. The van der Waals surface area contributed by atoms with Gasteiger partial charge in [0.25, 0.3) is 0 Å². The summed E-state index contributed by atoms with van der Waals surface area (Å²) in [5.41, 5.74) is 5.68. The smallest absolute Gasteiger partial charge is 0.244 e. The number of hydrazone groups is 1. The number of carbonyl (C=O) groups is 1. The summed E-state index contributed by atoms with van der Waals surface area (Å²) in [6.07, 6.45) is 3.37. The molecule has 0 radical (unpaired) electrons. The van der Waals surface area contributed by atoms with Crippen molar-refractivity contribution in [2.75, 3.05) is 0 Å². The number of hydrogen-bond acceptors (Lipinski definition) is 2. The number of amides is 1. The number of nitrogens with one attached hydrogen (secondary N) is 1. The first-order valence-corrected chi connectivity index (χ1v) is 7.74. The first kappa shape index (κ1) is 16.0. The van der Waals surface area contributed by atoms with Crippen molar-refractivity contribution in [3.63, 3.8) is 0 Å². The maximum Gasteiger partial charge on any atom is 0.244 e. The molecule has 0 saturated heterocycles. The van der Waals surface area contributed by atoms with Crippen LogP contribution in [0.2, 0.25) is 0 Å². The largest absolute Gasteiger partial charge is 0.273 e. The van der Waals surface area contributed by atoms with E-state index in [1.807, 2.05) is 60.7 Å². The molecule has 1 amide bonds. The highest BCUT2D eigenvalue weighted by atomic mass is 16.2. The van der Waals surface area contributed by atoms with Gasteiger partial charge in [0.2, 0.25) is 5.91 Å². The fourth-order valence-electron chi connectivity index (χ4n) is 2.19. The third-order valence-electron chi connectivity index (χ3n) is 3.40. The molecule has 0 spiro atoms. The van der Waals surface area contributed by atoms with E-state index in [1.54, 1.807) is 0 Å². The van der Waals surface area contributed by atoms with E-state index in [9.17, 15) is 4.79 Å². The van der Waals surface area contributed by atoms with Gasteiger partial charge in [-0.2, -0.15) is 5.10 Å². The molecule has 0 heterocycles. The first-order valence-electron chi connectivity index (χ1n) is 7.74. The van der Waals surface area contributed by atoms with Crippen LogP contribution in [0.4, 0.5) is 0 Å². The topological polar surface area (TPSA) is 41.5 Å². The third kappa shape index (κ3) is 5.17. The van der Waals surface area contributed by atoms with E-state index in [-0.39, 0.29) is 5.91 Å². The van der Waals surface area contributed by atoms with Crippen LogP contribution in [0.15, 0.2) is 65.8 Å². The van der Waals surface area contributed by atoms with E-state index < -0.39 is 0 Å². The molecule has 0 fully saturated rings. The van der Waals surface area contributed by atoms with Crippen LogP contribution < -0.4 is 5.43 Å². The molecule has 0 aliphatic rings. The molecule has 0 aromatic heterocycles. The lowest BCUT2D eigenvalue weighted by Gasteiger charge is -2.07. The summed E-state index contributed by atoms with van der Waals surface area (Å²) in [5, 5.41) is 4.34. The first-order chi connectivity index (χ1) is 10.8. The van der Waals surface area contributed by atoms with Crippen molar-refractivity contribution < 1.29 is 4.79 Å². The van der Waals surface area contributed by atoms with E-state index in [0.717, 1.165) is 36.1 Å². The van der Waals surface area contributed by atoms with Gasteiger partial charge in [0.05, 0.1) is 12.1 Å². The van der Waals surface area contributed by atoms with Crippen LogP contribution in [-0.2, 0) is 11.2 Å². The summed E-state index contributed by atoms with van der Waals surface area (Å²) in [7, 11) is 0. The molecule has 2 aromatic carbocycles. The molecule has 0 bridgehead atoms. The molecule has 0 atom stereocenters. The zero-order chi connectivity index (χ0) is 15.6. The quantitative estimate of drug-likeness (QED) is 0.610. The van der Waals surface area contributed by atoms with Crippen LogP contribution in [0.3, 0.4) is 0 Å². The Labute approximate surface area is 132 Å². The van der Waals surface area contributed by atoms with Crippen LogP contribution in [0.25, 0.3) is 0 Å². The zero-order valence-corrected chi connectivity index (χ0v) is 13.0. The molecule has 22 heavy (non-hydrogen) atoms. The summed E-state index contributed by atoms with van der Waals surface area (Å²) < 4.78 is 0. The van der Waals surface area contributed by atoms with Gasteiger partial charge in [0.15, 0.2) is 0 Å². The highest BCUT2D eigenvalue weighted by Gasteiger charge is 2.05. The molecule has 114 valence electrons. The Bertz CT molecular complexity index is 606. The molecule has 2 aromatic rings. The average Bonchev–Trinajstić information content (AvgIpc) is 2.57. The van der Waals surface area contributed by atoms with Gasteiger partial charge in [0.1, 0.15) is 0 Å². The number of rotatable bonds is 7. The SMILES string of the molecule is CCCCC(=NNC(=O)Cc1ccccc1)c1ccccc1. The van der Waals surface area contributed by atoms with Gasteiger partial charge < -0.3 is 0 Å². The second-order valence-electron chi connectivity index (χ2n) is 5.23. The van der Waals surface area contributed by atoms with Crippen molar-refractivity contribution >= 4 is 11.6 Å². The number of nitrogens with zero attached hydrogens (tertiary/aromatic N) is 1. The van der Waals surface area contributed by atoms with E-state index in [1.165, 1.54) is 0 Å². The monoisotopic (exact) mass is 294 g/mol. The Morgan fingerprint density at radius 1 is 1.00 bits per heavy atom. The van der Waals surface area contributed by atoms with Crippen LogP contribution in [-0.4, -0.2) is 11.6 Å². The molecule has 0 aliphatic heterocycles. The van der Waals surface area contributed by atoms with Crippen molar-refractivity contribution in [3.05, 3.63) is 71.8 Å². The van der Waals surface area contributed by atoms with Gasteiger partial charge >= 0.3 is 0 Å². The van der Waals surface area contributed by atoms with Crippen molar-refractivity contribution in [1.82, 2.24) is 5.43 Å². The summed E-state index contributed by atoms with van der Waals surface area (Å²) in [6, 6.07) is 19.7. The van der Waals surface area contributed by atoms with Crippen molar-refractivity contribution in [2.45, 2.75) is 32.6 Å². The number of hydrogen-bond donors (Lipinski definition) is 1. The Hall–Kier alpha value is -2.42. The lowest BCUT2D eigenvalue weighted by Crippen LogP contribution is -2.22. The Morgan fingerprint density at radius 2 is 1.64 bits per heavy atom. The van der Waals surface area contributed by atoms with Crippen molar-refractivity contribution in [3.8, 4) is 0 Å². The van der Waals surface area contributed by atoms with Crippen LogP contribution >= 0.6 is 0 Å². The van der Waals surface area contributed by atoms with Gasteiger partial charge in [-0.25, -0.2) is 5.43 Å². The van der Waals surface area contributed by atoms with Crippen molar-refractivity contribution in [1.29, 1.82) is 0 Å². The van der Waals surface area contributed by atoms with E-state index in [2.05, 4.69) is 17.5 Å². The summed E-state index contributed by atoms with van der Waals surface area (Å²) >= 11 is 0. The van der Waals surface area contributed by atoms with Gasteiger partial charge in [-0.15, -0.1) is 0 Å². The maximum atomic E-state index is 12.0. The molecular weight excluding hydrogens is 272 g/mol. The second kappa shape index (κ2) is 8.78. The summed E-state index contributed by atoms with van der Waals surface area (Å²) in [5.74, 6) is -0.0869. The van der Waals surface area contributed by atoms with Gasteiger partial charge in [0, 0.05) is 0 Å². The highest BCUT2D eigenvalue weighted by molar-refractivity contribution is 6.01. The maximum absolute atomic E-state index is 12.0. The third-order valence-corrected chi connectivity index (χ3v) is 3.40. The van der Waals surface area contributed by atoms with Crippen LogP contribution in [0.5, 0.6) is 0 Å². The van der Waals surface area contributed by atoms with E-state index in [0.29, 0.717) is 6.42 Å². The lowest BCUT2D eigenvalue weighted by molar-refractivity contribution is -0.120. The van der Waals surface area contributed by atoms with E-state index in [4.69, 9.17) is 0 Å². The Kier molecular flexibility index (Phi) is 6.37. The summed E-state index contributed by atoms with van der Waals surface area (Å²) in [4.78, 5) is 12.0. The molecule has 0 unspecified atom stereocenters. The normalized spacial score (nSPS) is 11.2.